The third-order valence-electron chi connectivity index (χ3n) is 4.64. The minimum atomic E-state index is -0.203. The summed E-state index contributed by atoms with van der Waals surface area (Å²) in [6.07, 6.45) is 3.02. The number of carbonyl (C=O) groups excluding carboxylic acids is 1. The number of hydrogen-bond donors (Lipinski definition) is 3. The van der Waals surface area contributed by atoms with Gasteiger partial charge in [0.05, 0.1) is 6.10 Å². The molecule has 0 radical (unpaired) electrons. The Bertz CT molecular complexity index is 506. The van der Waals surface area contributed by atoms with E-state index in [0.29, 0.717) is 11.8 Å². The number of urea groups is 1. The first-order valence-corrected chi connectivity index (χ1v) is 8.76. The first kappa shape index (κ1) is 17.8. The van der Waals surface area contributed by atoms with Crippen molar-refractivity contribution in [3.8, 4) is 0 Å². The van der Waals surface area contributed by atoms with Crippen LogP contribution in [0.3, 0.4) is 0 Å². The average Bonchev–Trinajstić information content (AvgIpc) is 2.49. The molecule has 0 aromatic heterocycles. The maximum Gasteiger partial charge on any atom is 0.319 e. The van der Waals surface area contributed by atoms with E-state index in [0.717, 1.165) is 31.4 Å². The fraction of sp³-hybridized carbons (Fsp3) is 0.632. The monoisotopic (exact) mass is 318 g/mol. The van der Waals surface area contributed by atoms with E-state index >= 15 is 0 Å². The van der Waals surface area contributed by atoms with Gasteiger partial charge in [-0.1, -0.05) is 45.9 Å². The zero-order valence-electron chi connectivity index (χ0n) is 14.7. The van der Waals surface area contributed by atoms with Gasteiger partial charge < -0.3 is 15.7 Å². The molecule has 0 atom stereocenters. The van der Waals surface area contributed by atoms with Gasteiger partial charge in [-0.15, -0.1) is 0 Å². The lowest BCUT2D eigenvalue weighted by atomic mass is 9.92. The van der Waals surface area contributed by atoms with Crippen molar-refractivity contribution in [2.45, 2.75) is 77.4 Å². The Morgan fingerprint density at radius 1 is 1.04 bits per heavy atom. The number of nitrogens with one attached hydrogen (secondary N) is 2. The molecule has 0 aliphatic heterocycles. The lowest BCUT2D eigenvalue weighted by Gasteiger charge is -2.27. The number of anilines is 1. The number of aliphatic hydroxyl groups excluding tert-OH is 1. The van der Waals surface area contributed by atoms with Gasteiger partial charge in [-0.3, -0.25) is 0 Å². The van der Waals surface area contributed by atoms with Crippen LogP contribution < -0.4 is 10.6 Å². The summed E-state index contributed by atoms with van der Waals surface area (Å²) >= 11 is 0. The van der Waals surface area contributed by atoms with Gasteiger partial charge in [0.2, 0.25) is 0 Å². The number of rotatable bonds is 4. The van der Waals surface area contributed by atoms with E-state index in [-0.39, 0.29) is 18.2 Å². The number of benzene rings is 1. The Balaban J connectivity index is 2.10. The summed E-state index contributed by atoms with van der Waals surface area (Å²) in [6.45, 7) is 8.58. The van der Waals surface area contributed by atoms with Crippen molar-refractivity contribution in [1.29, 1.82) is 0 Å². The number of aliphatic hydroxyl groups is 1. The predicted molar refractivity (Wildman–Crippen MR) is 95.0 cm³/mol. The molecule has 128 valence electrons. The van der Waals surface area contributed by atoms with Gasteiger partial charge in [-0.25, -0.2) is 4.79 Å². The van der Waals surface area contributed by atoms with E-state index in [4.69, 9.17) is 0 Å². The molecule has 1 aliphatic carbocycles. The van der Waals surface area contributed by atoms with Crippen molar-refractivity contribution in [1.82, 2.24) is 5.32 Å². The summed E-state index contributed by atoms with van der Waals surface area (Å²) in [7, 11) is 0. The van der Waals surface area contributed by atoms with Crippen LogP contribution in [0.5, 0.6) is 0 Å². The van der Waals surface area contributed by atoms with E-state index in [1.165, 1.54) is 11.1 Å². The second-order valence-corrected chi connectivity index (χ2v) is 7.22. The van der Waals surface area contributed by atoms with Gasteiger partial charge in [-0.05, 0) is 48.6 Å². The van der Waals surface area contributed by atoms with Crippen molar-refractivity contribution in [3.63, 3.8) is 0 Å². The second kappa shape index (κ2) is 7.82. The van der Waals surface area contributed by atoms with Crippen LogP contribution in [0, 0.1) is 0 Å². The Kier molecular flexibility index (Phi) is 6.05. The summed E-state index contributed by atoms with van der Waals surface area (Å²) in [5.41, 5.74) is 3.29. The highest BCUT2D eigenvalue weighted by Crippen LogP contribution is 2.32. The van der Waals surface area contributed by atoms with E-state index < -0.39 is 0 Å². The molecule has 0 saturated heterocycles. The quantitative estimate of drug-likeness (QED) is 0.772. The Morgan fingerprint density at radius 2 is 1.57 bits per heavy atom. The average molecular weight is 318 g/mol. The fourth-order valence-electron chi connectivity index (χ4n) is 3.25. The largest absolute Gasteiger partial charge is 0.393 e. The maximum absolute atomic E-state index is 12.4. The number of amides is 2. The molecule has 1 aromatic rings. The van der Waals surface area contributed by atoms with Gasteiger partial charge in [0.1, 0.15) is 0 Å². The summed E-state index contributed by atoms with van der Waals surface area (Å²) in [4.78, 5) is 12.4. The third-order valence-corrected chi connectivity index (χ3v) is 4.64. The van der Waals surface area contributed by atoms with E-state index in [1.54, 1.807) is 0 Å². The number of carbonyl (C=O) groups is 1. The van der Waals surface area contributed by atoms with Gasteiger partial charge in [0.15, 0.2) is 0 Å². The topological polar surface area (TPSA) is 61.4 Å². The summed E-state index contributed by atoms with van der Waals surface area (Å²) in [6, 6.07) is 6.26. The van der Waals surface area contributed by atoms with Crippen LogP contribution >= 0.6 is 0 Å². The third kappa shape index (κ3) is 4.71. The smallest absolute Gasteiger partial charge is 0.319 e. The Labute approximate surface area is 139 Å². The van der Waals surface area contributed by atoms with Crippen molar-refractivity contribution >= 4 is 11.7 Å². The highest BCUT2D eigenvalue weighted by Gasteiger charge is 2.22. The molecule has 1 saturated carbocycles. The van der Waals surface area contributed by atoms with Crippen LogP contribution in [0.4, 0.5) is 10.5 Å². The second-order valence-electron chi connectivity index (χ2n) is 7.22. The van der Waals surface area contributed by atoms with E-state index in [1.807, 2.05) is 0 Å². The SMILES string of the molecule is CC(C)c1cccc(C(C)C)c1NC(=O)NC1CCC(O)CC1. The summed E-state index contributed by atoms with van der Waals surface area (Å²) in [5, 5.41) is 15.7. The lowest BCUT2D eigenvalue weighted by molar-refractivity contribution is 0.118. The molecule has 1 aromatic carbocycles. The van der Waals surface area contributed by atoms with Gasteiger partial charge >= 0.3 is 6.03 Å². The molecule has 0 unspecified atom stereocenters. The molecule has 2 rings (SSSR count). The van der Waals surface area contributed by atoms with Crippen molar-refractivity contribution in [2.75, 3.05) is 5.32 Å². The molecular formula is C19H30N2O2. The molecule has 0 spiro atoms. The predicted octanol–water partition coefficient (Wildman–Crippen LogP) is 4.36. The van der Waals surface area contributed by atoms with Gasteiger partial charge in [0, 0.05) is 11.7 Å². The van der Waals surface area contributed by atoms with Crippen LogP contribution in [-0.4, -0.2) is 23.3 Å². The van der Waals surface area contributed by atoms with Crippen molar-refractivity contribution in [3.05, 3.63) is 29.3 Å². The fourth-order valence-corrected chi connectivity index (χ4v) is 3.25. The molecule has 1 aliphatic rings. The first-order chi connectivity index (χ1) is 10.9. The minimum absolute atomic E-state index is 0.138. The van der Waals surface area contributed by atoms with E-state index in [9.17, 15) is 9.90 Å². The zero-order valence-corrected chi connectivity index (χ0v) is 14.7. The summed E-state index contributed by atoms with van der Waals surface area (Å²) < 4.78 is 0. The molecule has 2 amide bonds. The molecule has 3 N–H and O–H groups in total. The van der Waals surface area contributed by atoms with Crippen LogP contribution in [0.2, 0.25) is 0 Å². The molecule has 0 heterocycles. The van der Waals surface area contributed by atoms with Crippen LogP contribution in [0.1, 0.15) is 76.3 Å². The maximum atomic E-state index is 12.4. The van der Waals surface area contributed by atoms with Crippen molar-refractivity contribution in [2.24, 2.45) is 0 Å². The van der Waals surface area contributed by atoms with Crippen molar-refractivity contribution < 1.29 is 9.90 Å². The molecule has 0 bridgehead atoms. The number of hydrogen-bond acceptors (Lipinski definition) is 2. The van der Waals surface area contributed by atoms with Crippen LogP contribution in [0.25, 0.3) is 0 Å². The van der Waals surface area contributed by atoms with Gasteiger partial charge in [0.25, 0.3) is 0 Å². The standard InChI is InChI=1S/C19H30N2O2/c1-12(2)16-6-5-7-17(13(3)4)18(16)21-19(23)20-14-8-10-15(22)11-9-14/h5-7,12-15,22H,8-11H2,1-4H3,(H2,20,21,23). The Hall–Kier alpha value is -1.55. The molecule has 4 nitrogen and oxygen atoms in total. The zero-order chi connectivity index (χ0) is 17.0. The molecule has 1 fully saturated rings. The van der Waals surface area contributed by atoms with E-state index in [2.05, 4.69) is 56.5 Å². The molecule has 4 heteroatoms. The van der Waals surface area contributed by atoms with Gasteiger partial charge in [-0.2, -0.15) is 0 Å². The number of para-hydroxylation sites is 1. The highest BCUT2D eigenvalue weighted by atomic mass is 16.3. The van der Waals surface area contributed by atoms with Crippen LogP contribution in [0.15, 0.2) is 18.2 Å². The lowest BCUT2D eigenvalue weighted by Crippen LogP contribution is -2.41. The highest BCUT2D eigenvalue weighted by molar-refractivity contribution is 5.91. The normalized spacial score (nSPS) is 21.5. The molecule has 23 heavy (non-hydrogen) atoms. The first-order valence-electron chi connectivity index (χ1n) is 8.76. The molecular weight excluding hydrogens is 288 g/mol. The van der Waals surface area contributed by atoms with Crippen LogP contribution in [-0.2, 0) is 0 Å². The minimum Gasteiger partial charge on any atom is -0.393 e. The summed E-state index contributed by atoms with van der Waals surface area (Å²) in [5.74, 6) is 0.711. The Morgan fingerprint density at radius 3 is 2.04 bits per heavy atom.